The fourth-order valence-electron chi connectivity index (χ4n) is 3.85. The third kappa shape index (κ3) is 4.45. The standard InChI is InChI=1S/C24H25N3O2/c1-29-20-13-10-18(11-14-20)23-9-3-2-6-16-27(23)24(28)15-12-19-17-25-21-7-4-5-8-22(21)26-19/h4-5,7-8,10-15,17,23H,2-3,6,9,16H2,1H3/b15-12+. The quantitative estimate of drug-likeness (QED) is 0.604. The average Bonchev–Trinajstić information content (AvgIpc) is 3.03. The first-order valence-electron chi connectivity index (χ1n) is 10.1. The second-order valence-corrected chi connectivity index (χ2v) is 7.29. The number of ether oxygens (including phenoxy) is 1. The Morgan fingerprint density at radius 2 is 1.86 bits per heavy atom. The molecule has 1 unspecified atom stereocenters. The van der Waals surface area contributed by atoms with Gasteiger partial charge < -0.3 is 9.64 Å². The molecule has 1 aliphatic rings. The first-order valence-corrected chi connectivity index (χ1v) is 10.1. The van der Waals surface area contributed by atoms with Crippen molar-refractivity contribution in [2.75, 3.05) is 13.7 Å². The van der Waals surface area contributed by atoms with Crippen molar-refractivity contribution in [2.45, 2.75) is 31.7 Å². The highest BCUT2D eigenvalue weighted by molar-refractivity contribution is 5.92. The van der Waals surface area contributed by atoms with Crippen LogP contribution in [0.4, 0.5) is 0 Å². The first-order chi connectivity index (χ1) is 14.2. The number of rotatable bonds is 4. The van der Waals surface area contributed by atoms with E-state index in [1.165, 1.54) is 0 Å². The summed E-state index contributed by atoms with van der Waals surface area (Å²) < 4.78 is 5.27. The zero-order chi connectivity index (χ0) is 20.1. The van der Waals surface area contributed by atoms with Gasteiger partial charge in [-0.15, -0.1) is 0 Å². The Morgan fingerprint density at radius 3 is 2.66 bits per heavy atom. The number of carbonyl (C=O) groups is 1. The maximum atomic E-state index is 13.1. The predicted octanol–water partition coefficient (Wildman–Crippen LogP) is 4.80. The van der Waals surface area contributed by atoms with E-state index in [4.69, 9.17) is 4.74 Å². The third-order valence-electron chi connectivity index (χ3n) is 5.40. The lowest BCUT2D eigenvalue weighted by molar-refractivity contribution is -0.128. The van der Waals surface area contributed by atoms with Crippen molar-refractivity contribution < 1.29 is 9.53 Å². The topological polar surface area (TPSA) is 55.3 Å². The van der Waals surface area contributed by atoms with Crippen molar-refractivity contribution in [3.8, 4) is 5.75 Å². The molecule has 29 heavy (non-hydrogen) atoms. The van der Waals surface area contributed by atoms with Crippen LogP contribution in [0.1, 0.15) is 43.0 Å². The number of benzene rings is 2. The Kier molecular flexibility index (Phi) is 5.84. The van der Waals surface area contributed by atoms with Gasteiger partial charge in [0.25, 0.3) is 0 Å². The summed E-state index contributed by atoms with van der Waals surface area (Å²) >= 11 is 0. The van der Waals surface area contributed by atoms with Gasteiger partial charge in [-0.3, -0.25) is 9.78 Å². The maximum Gasteiger partial charge on any atom is 0.247 e. The zero-order valence-corrected chi connectivity index (χ0v) is 16.6. The highest BCUT2D eigenvalue weighted by atomic mass is 16.5. The van der Waals surface area contributed by atoms with Gasteiger partial charge in [0, 0.05) is 12.6 Å². The van der Waals surface area contributed by atoms with Crippen LogP contribution in [0.2, 0.25) is 0 Å². The minimum atomic E-state index is 0.0164. The van der Waals surface area contributed by atoms with E-state index < -0.39 is 0 Å². The van der Waals surface area contributed by atoms with E-state index in [0.29, 0.717) is 5.69 Å². The molecule has 3 aromatic rings. The molecule has 0 spiro atoms. The molecule has 1 aromatic heterocycles. The molecule has 4 rings (SSSR count). The Bertz CT molecular complexity index is 1010. The summed E-state index contributed by atoms with van der Waals surface area (Å²) in [5.41, 5.74) is 3.52. The third-order valence-corrected chi connectivity index (χ3v) is 5.40. The molecule has 2 aromatic carbocycles. The van der Waals surface area contributed by atoms with Crippen molar-refractivity contribution >= 4 is 23.0 Å². The number of carbonyl (C=O) groups excluding carboxylic acids is 1. The molecule has 2 heterocycles. The zero-order valence-electron chi connectivity index (χ0n) is 16.6. The second-order valence-electron chi connectivity index (χ2n) is 7.29. The van der Waals surface area contributed by atoms with Gasteiger partial charge in [-0.1, -0.05) is 37.1 Å². The molecule has 1 amide bonds. The summed E-state index contributed by atoms with van der Waals surface area (Å²) in [5, 5.41) is 0. The minimum absolute atomic E-state index is 0.0164. The van der Waals surface area contributed by atoms with Crippen molar-refractivity contribution in [1.29, 1.82) is 0 Å². The smallest absolute Gasteiger partial charge is 0.247 e. The SMILES string of the molecule is COc1ccc(C2CCCCCN2C(=O)/C=C/c2cnc3ccccc3n2)cc1. The van der Waals surface area contributed by atoms with Crippen LogP contribution in [-0.4, -0.2) is 34.4 Å². The Morgan fingerprint density at radius 1 is 1.07 bits per heavy atom. The van der Waals surface area contributed by atoms with Crippen LogP contribution in [0.15, 0.2) is 60.8 Å². The molecule has 148 valence electrons. The number of likely N-dealkylation sites (tertiary alicyclic amines) is 1. The van der Waals surface area contributed by atoms with Crippen LogP contribution in [-0.2, 0) is 4.79 Å². The van der Waals surface area contributed by atoms with E-state index in [9.17, 15) is 4.79 Å². The van der Waals surface area contributed by atoms with Crippen molar-refractivity contribution in [1.82, 2.24) is 14.9 Å². The summed E-state index contributed by atoms with van der Waals surface area (Å²) in [5.74, 6) is 0.845. The van der Waals surface area contributed by atoms with E-state index in [1.807, 2.05) is 41.3 Å². The van der Waals surface area contributed by atoms with Gasteiger partial charge in [0.15, 0.2) is 0 Å². The Hall–Kier alpha value is -3.21. The maximum absolute atomic E-state index is 13.1. The van der Waals surface area contributed by atoms with Gasteiger partial charge >= 0.3 is 0 Å². The first kappa shape index (κ1) is 19.1. The van der Waals surface area contributed by atoms with Crippen molar-refractivity contribution in [3.63, 3.8) is 0 Å². The average molecular weight is 387 g/mol. The number of hydrogen-bond acceptors (Lipinski definition) is 4. The summed E-state index contributed by atoms with van der Waals surface area (Å²) in [4.78, 5) is 24.0. The fourth-order valence-corrected chi connectivity index (χ4v) is 3.85. The summed E-state index contributed by atoms with van der Waals surface area (Å²) in [6.45, 7) is 0.767. The number of nitrogens with zero attached hydrogens (tertiary/aromatic N) is 3. The monoisotopic (exact) mass is 387 g/mol. The Balaban J connectivity index is 1.55. The van der Waals surface area contributed by atoms with Gasteiger partial charge in [0.1, 0.15) is 5.75 Å². The lowest BCUT2D eigenvalue weighted by Crippen LogP contribution is -2.33. The van der Waals surface area contributed by atoms with E-state index in [0.717, 1.165) is 54.6 Å². The van der Waals surface area contributed by atoms with Crippen molar-refractivity contribution in [2.24, 2.45) is 0 Å². The molecule has 5 nitrogen and oxygen atoms in total. The molecule has 0 radical (unpaired) electrons. The molecule has 1 atom stereocenters. The number of aromatic nitrogens is 2. The van der Waals surface area contributed by atoms with Crippen LogP contribution in [0.3, 0.4) is 0 Å². The molecule has 0 aliphatic carbocycles. The minimum Gasteiger partial charge on any atom is -0.497 e. The van der Waals surface area contributed by atoms with Crippen molar-refractivity contribution in [3.05, 3.63) is 72.1 Å². The highest BCUT2D eigenvalue weighted by Gasteiger charge is 2.25. The normalized spacial score (nSPS) is 17.4. The molecule has 5 heteroatoms. The molecule has 1 saturated heterocycles. The van der Waals surface area contributed by atoms with Crippen LogP contribution < -0.4 is 4.74 Å². The fraction of sp³-hybridized carbons (Fsp3) is 0.292. The van der Waals surface area contributed by atoms with E-state index in [1.54, 1.807) is 25.5 Å². The number of methoxy groups -OCH3 is 1. The van der Waals surface area contributed by atoms with Crippen LogP contribution >= 0.6 is 0 Å². The van der Waals surface area contributed by atoms with Crippen LogP contribution in [0.25, 0.3) is 17.1 Å². The number of amides is 1. The predicted molar refractivity (Wildman–Crippen MR) is 114 cm³/mol. The lowest BCUT2D eigenvalue weighted by Gasteiger charge is -2.29. The van der Waals surface area contributed by atoms with Crippen LogP contribution in [0, 0.1) is 0 Å². The van der Waals surface area contributed by atoms with E-state index >= 15 is 0 Å². The van der Waals surface area contributed by atoms with E-state index in [2.05, 4.69) is 22.1 Å². The largest absolute Gasteiger partial charge is 0.497 e. The Labute approximate surface area is 171 Å². The summed E-state index contributed by atoms with van der Waals surface area (Å²) in [7, 11) is 1.66. The molecule has 0 saturated carbocycles. The second kappa shape index (κ2) is 8.86. The molecule has 1 aliphatic heterocycles. The number of hydrogen-bond donors (Lipinski definition) is 0. The van der Waals surface area contributed by atoms with E-state index in [-0.39, 0.29) is 11.9 Å². The van der Waals surface area contributed by atoms with Crippen LogP contribution in [0.5, 0.6) is 5.75 Å². The molecule has 0 bridgehead atoms. The van der Waals surface area contributed by atoms with Gasteiger partial charge in [-0.05, 0) is 48.7 Å². The molecule has 0 N–H and O–H groups in total. The number of fused-ring (bicyclic) bond motifs is 1. The molecule has 1 fully saturated rings. The highest BCUT2D eigenvalue weighted by Crippen LogP contribution is 2.31. The lowest BCUT2D eigenvalue weighted by atomic mass is 10.0. The summed E-state index contributed by atoms with van der Waals surface area (Å²) in [6, 6.07) is 15.9. The van der Waals surface area contributed by atoms with Gasteiger partial charge in [-0.2, -0.15) is 0 Å². The van der Waals surface area contributed by atoms with Gasteiger partial charge in [0.05, 0.1) is 36.1 Å². The molecular formula is C24H25N3O2. The molecular weight excluding hydrogens is 362 g/mol. The van der Waals surface area contributed by atoms with Gasteiger partial charge in [0.2, 0.25) is 5.91 Å². The number of para-hydroxylation sites is 2. The van der Waals surface area contributed by atoms with Gasteiger partial charge in [-0.25, -0.2) is 4.98 Å². The summed E-state index contributed by atoms with van der Waals surface area (Å²) in [6.07, 6.45) is 9.37.